The molecule has 9 nitrogen and oxygen atoms in total. The quantitative estimate of drug-likeness (QED) is 0.397. The monoisotopic (exact) mass is 472 g/mol. The summed E-state index contributed by atoms with van der Waals surface area (Å²) in [5.74, 6) is 0.497. The summed E-state index contributed by atoms with van der Waals surface area (Å²) in [6, 6.07) is 10.4. The van der Waals surface area contributed by atoms with E-state index in [2.05, 4.69) is 4.72 Å². The lowest BCUT2D eigenvalue weighted by molar-refractivity contribution is -0.133. The second-order valence-corrected chi connectivity index (χ2v) is 10.1. The lowest BCUT2D eigenvalue weighted by Crippen LogP contribution is -2.50. The van der Waals surface area contributed by atoms with Crippen molar-refractivity contribution in [1.29, 1.82) is 5.41 Å². The fraction of sp³-hybridized carbons (Fsp3) is 0.391. The maximum atomic E-state index is 13.4. The van der Waals surface area contributed by atoms with Crippen molar-refractivity contribution in [1.82, 2.24) is 9.62 Å². The van der Waals surface area contributed by atoms with E-state index in [-0.39, 0.29) is 35.9 Å². The molecule has 0 spiro atoms. The van der Waals surface area contributed by atoms with E-state index in [9.17, 15) is 13.2 Å². The van der Waals surface area contributed by atoms with Crippen LogP contribution in [-0.4, -0.2) is 51.0 Å². The van der Waals surface area contributed by atoms with Crippen molar-refractivity contribution in [2.45, 2.75) is 49.1 Å². The standard InChI is InChI=1S/C23H28N4O5S/c1-27(17-4-2-3-5-17)23(28)19(12-15-6-8-16(9-7-15)22(24)25)26-33(29,30)18-10-11-20-21(13-18)32-14-31-20/h6-11,13,17,19,26H,2-5,12,14H2,1H3,(H3,24,25)/t19-/m0/s1. The zero-order valence-electron chi connectivity index (χ0n) is 18.4. The average molecular weight is 473 g/mol. The molecule has 0 unspecified atom stereocenters. The van der Waals surface area contributed by atoms with Crippen molar-refractivity contribution in [2.75, 3.05) is 13.8 Å². The molecule has 1 heterocycles. The van der Waals surface area contributed by atoms with Crippen molar-refractivity contribution in [2.24, 2.45) is 5.73 Å². The summed E-state index contributed by atoms with van der Waals surface area (Å²) in [5.41, 5.74) is 6.84. The molecule has 2 aromatic rings. The largest absolute Gasteiger partial charge is 0.454 e. The topological polar surface area (TPSA) is 135 Å². The Labute approximate surface area is 193 Å². The Morgan fingerprint density at radius 1 is 1.15 bits per heavy atom. The number of ether oxygens (including phenoxy) is 2. The zero-order valence-corrected chi connectivity index (χ0v) is 19.2. The molecule has 0 aromatic heterocycles. The summed E-state index contributed by atoms with van der Waals surface area (Å²) in [5, 5.41) is 7.54. The van der Waals surface area contributed by atoms with Gasteiger partial charge in [0, 0.05) is 24.7 Å². The van der Waals surface area contributed by atoms with Gasteiger partial charge in [-0.3, -0.25) is 10.2 Å². The molecule has 1 aliphatic carbocycles. The average Bonchev–Trinajstić information content (AvgIpc) is 3.49. The van der Waals surface area contributed by atoms with Gasteiger partial charge in [0.05, 0.1) is 4.90 Å². The van der Waals surface area contributed by atoms with Gasteiger partial charge in [-0.25, -0.2) is 8.42 Å². The summed E-state index contributed by atoms with van der Waals surface area (Å²) in [4.78, 5) is 15.1. The second-order valence-electron chi connectivity index (χ2n) is 8.39. The van der Waals surface area contributed by atoms with Gasteiger partial charge >= 0.3 is 0 Å². The molecule has 1 amide bonds. The van der Waals surface area contributed by atoms with Crippen LogP contribution in [-0.2, 0) is 21.2 Å². The molecule has 33 heavy (non-hydrogen) atoms. The Balaban J connectivity index is 1.59. The van der Waals surface area contributed by atoms with Crippen LogP contribution >= 0.6 is 0 Å². The van der Waals surface area contributed by atoms with Crippen LogP contribution in [0, 0.1) is 5.41 Å². The van der Waals surface area contributed by atoms with Gasteiger partial charge in [-0.05, 0) is 37.0 Å². The maximum Gasteiger partial charge on any atom is 0.241 e. The van der Waals surface area contributed by atoms with E-state index < -0.39 is 16.1 Å². The third kappa shape index (κ3) is 5.12. The Morgan fingerprint density at radius 3 is 2.48 bits per heavy atom. The van der Waals surface area contributed by atoms with Crippen LogP contribution in [0.15, 0.2) is 47.4 Å². The van der Waals surface area contributed by atoms with Gasteiger partial charge in [-0.15, -0.1) is 0 Å². The van der Waals surface area contributed by atoms with Crippen LogP contribution in [0.1, 0.15) is 36.8 Å². The first-order valence-corrected chi connectivity index (χ1v) is 12.3. The Morgan fingerprint density at radius 2 is 1.82 bits per heavy atom. The first-order chi connectivity index (χ1) is 15.7. The first kappa shape index (κ1) is 23.1. The Hall–Kier alpha value is -3.11. The van der Waals surface area contributed by atoms with E-state index in [0.29, 0.717) is 17.1 Å². The smallest absolute Gasteiger partial charge is 0.241 e. The van der Waals surface area contributed by atoms with Crippen molar-refractivity contribution in [3.05, 3.63) is 53.6 Å². The molecule has 4 rings (SSSR count). The SMILES string of the molecule is CN(C(=O)[C@H](Cc1ccc(C(=N)N)cc1)NS(=O)(=O)c1ccc2c(c1)OCO2)C1CCCC1. The van der Waals surface area contributed by atoms with E-state index >= 15 is 0 Å². The van der Waals surface area contributed by atoms with Crippen molar-refractivity contribution in [3.63, 3.8) is 0 Å². The number of nitrogens with one attached hydrogen (secondary N) is 2. The number of nitrogens with two attached hydrogens (primary N) is 1. The highest BCUT2D eigenvalue weighted by atomic mass is 32.2. The van der Waals surface area contributed by atoms with Gasteiger partial charge in [-0.1, -0.05) is 37.1 Å². The molecule has 0 radical (unpaired) electrons. The van der Waals surface area contributed by atoms with Crippen LogP contribution in [0.25, 0.3) is 0 Å². The summed E-state index contributed by atoms with van der Waals surface area (Å²) < 4.78 is 39.6. The van der Waals surface area contributed by atoms with Crippen LogP contribution < -0.4 is 19.9 Å². The lowest BCUT2D eigenvalue weighted by Gasteiger charge is -2.29. The van der Waals surface area contributed by atoms with Gasteiger partial charge in [0.2, 0.25) is 22.7 Å². The van der Waals surface area contributed by atoms with Crippen molar-refractivity contribution in [3.8, 4) is 11.5 Å². The highest BCUT2D eigenvalue weighted by Crippen LogP contribution is 2.34. The molecule has 1 fully saturated rings. The molecule has 1 atom stereocenters. The molecule has 2 aromatic carbocycles. The van der Waals surface area contributed by atoms with Gasteiger partial charge in [-0.2, -0.15) is 4.72 Å². The summed E-state index contributed by atoms with van der Waals surface area (Å²) in [6.45, 7) is 0.0375. The van der Waals surface area contributed by atoms with Crippen LogP contribution in [0.2, 0.25) is 0 Å². The Bertz CT molecular complexity index is 1140. The number of nitrogen functional groups attached to an aromatic ring is 1. The number of nitrogens with zero attached hydrogens (tertiary/aromatic N) is 1. The molecule has 0 saturated heterocycles. The fourth-order valence-electron chi connectivity index (χ4n) is 4.25. The van der Waals surface area contributed by atoms with E-state index in [0.717, 1.165) is 31.2 Å². The molecule has 2 aliphatic rings. The third-order valence-corrected chi connectivity index (χ3v) is 7.64. The predicted molar refractivity (Wildman–Crippen MR) is 123 cm³/mol. The summed E-state index contributed by atoms with van der Waals surface area (Å²) in [7, 11) is -2.28. The van der Waals surface area contributed by atoms with Crippen LogP contribution in [0.3, 0.4) is 0 Å². The fourth-order valence-corrected chi connectivity index (χ4v) is 5.46. The van der Waals surface area contributed by atoms with E-state index in [4.69, 9.17) is 20.6 Å². The number of amides is 1. The lowest BCUT2D eigenvalue weighted by atomic mass is 10.0. The van der Waals surface area contributed by atoms with Crippen molar-refractivity contribution < 1.29 is 22.7 Å². The number of amidine groups is 1. The van der Waals surface area contributed by atoms with Gasteiger partial charge < -0.3 is 20.1 Å². The van der Waals surface area contributed by atoms with Crippen LogP contribution in [0.5, 0.6) is 11.5 Å². The summed E-state index contributed by atoms with van der Waals surface area (Å²) >= 11 is 0. The second kappa shape index (κ2) is 9.40. The molecule has 4 N–H and O–H groups in total. The molecule has 10 heteroatoms. The van der Waals surface area contributed by atoms with Gasteiger partial charge in [0.1, 0.15) is 11.9 Å². The predicted octanol–water partition coefficient (Wildman–Crippen LogP) is 1.99. The zero-order chi connectivity index (χ0) is 23.6. The third-order valence-electron chi connectivity index (χ3n) is 6.17. The number of sulfonamides is 1. The number of fused-ring (bicyclic) bond motifs is 1. The number of benzene rings is 2. The van der Waals surface area contributed by atoms with E-state index in [1.807, 2.05) is 0 Å². The maximum absolute atomic E-state index is 13.4. The number of likely N-dealkylation sites (N-methyl/N-ethyl adjacent to an activating group) is 1. The van der Waals surface area contributed by atoms with Crippen molar-refractivity contribution >= 4 is 21.8 Å². The molecule has 176 valence electrons. The molecular weight excluding hydrogens is 444 g/mol. The highest BCUT2D eigenvalue weighted by Gasteiger charge is 2.32. The minimum absolute atomic E-state index is 0.00000273. The normalized spacial score (nSPS) is 16.5. The highest BCUT2D eigenvalue weighted by molar-refractivity contribution is 7.89. The Kier molecular flexibility index (Phi) is 6.57. The van der Waals surface area contributed by atoms with Crippen LogP contribution in [0.4, 0.5) is 0 Å². The minimum atomic E-state index is -4.01. The minimum Gasteiger partial charge on any atom is -0.454 e. The number of carbonyl (C=O) groups is 1. The van der Waals surface area contributed by atoms with Gasteiger partial charge in [0.25, 0.3) is 0 Å². The molecule has 1 saturated carbocycles. The number of hydrogen-bond acceptors (Lipinski definition) is 6. The number of rotatable bonds is 8. The molecule has 1 aliphatic heterocycles. The molecule has 0 bridgehead atoms. The van der Waals surface area contributed by atoms with E-state index in [1.165, 1.54) is 12.1 Å². The molecular formula is C23H28N4O5S. The first-order valence-electron chi connectivity index (χ1n) is 10.9. The number of carbonyl (C=O) groups excluding carboxylic acids is 1. The van der Waals surface area contributed by atoms with E-state index in [1.54, 1.807) is 42.3 Å². The van der Waals surface area contributed by atoms with Gasteiger partial charge in [0.15, 0.2) is 11.5 Å². The number of hydrogen-bond donors (Lipinski definition) is 3. The summed E-state index contributed by atoms with van der Waals surface area (Å²) in [6.07, 6.45) is 4.11.